The molecular formula is C16H21N5O. The van der Waals surface area contributed by atoms with Crippen molar-refractivity contribution in [2.45, 2.75) is 26.7 Å². The van der Waals surface area contributed by atoms with Crippen LogP contribution in [0.25, 0.3) is 0 Å². The quantitative estimate of drug-likeness (QED) is 0.862. The average Bonchev–Trinajstić information content (AvgIpc) is 2.55. The van der Waals surface area contributed by atoms with E-state index in [0.29, 0.717) is 18.4 Å². The molecule has 1 aliphatic rings. The molecule has 0 spiro atoms. The van der Waals surface area contributed by atoms with E-state index in [-0.39, 0.29) is 0 Å². The molecule has 0 aromatic carbocycles. The van der Waals surface area contributed by atoms with Gasteiger partial charge in [-0.15, -0.1) is 0 Å². The zero-order valence-electron chi connectivity index (χ0n) is 13.1. The maximum atomic E-state index is 5.82. The molecule has 6 nitrogen and oxygen atoms in total. The third kappa shape index (κ3) is 3.50. The number of hydrogen-bond acceptors (Lipinski definition) is 6. The third-order valence-corrected chi connectivity index (χ3v) is 4.02. The highest BCUT2D eigenvalue weighted by Gasteiger charge is 2.21. The van der Waals surface area contributed by atoms with E-state index >= 15 is 0 Å². The van der Waals surface area contributed by atoms with Gasteiger partial charge in [-0.2, -0.15) is 0 Å². The lowest BCUT2D eigenvalue weighted by molar-refractivity contribution is 0.214. The molecule has 1 aliphatic heterocycles. The van der Waals surface area contributed by atoms with Gasteiger partial charge in [-0.05, 0) is 32.6 Å². The summed E-state index contributed by atoms with van der Waals surface area (Å²) in [6, 6.07) is 2.04. The SMILES string of the molecule is Cc1cc(N2CCC(COc3nccnc3C)CC2)ncn1. The van der Waals surface area contributed by atoms with Crippen molar-refractivity contribution in [3.05, 3.63) is 36.2 Å². The largest absolute Gasteiger partial charge is 0.476 e. The summed E-state index contributed by atoms with van der Waals surface area (Å²) in [6.07, 6.45) is 7.19. The van der Waals surface area contributed by atoms with E-state index in [0.717, 1.165) is 43.1 Å². The Morgan fingerprint density at radius 3 is 2.59 bits per heavy atom. The average molecular weight is 299 g/mol. The molecule has 0 saturated carbocycles. The second-order valence-electron chi connectivity index (χ2n) is 5.71. The molecule has 2 aromatic heterocycles. The number of ether oxygens (including phenoxy) is 1. The highest BCUT2D eigenvalue weighted by molar-refractivity contribution is 5.38. The number of anilines is 1. The Morgan fingerprint density at radius 1 is 1.09 bits per heavy atom. The Labute approximate surface area is 130 Å². The Morgan fingerprint density at radius 2 is 1.86 bits per heavy atom. The summed E-state index contributed by atoms with van der Waals surface area (Å²) in [5, 5.41) is 0. The summed E-state index contributed by atoms with van der Waals surface area (Å²) in [5.41, 5.74) is 1.85. The summed E-state index contributed by atoms with van der Waals surface area (Å²) in [5.74, 6) is 2.23. The fourth-order valence-electron chi connectivity index (χ4n) is 2.68. The van der Waals surface area contributed by atoms with E-state index in [1.807, 2.05) is 19.9 Å². The second kappa shape index (κ2) is 6.68. The van der Waals surface area contributed by atoms with E-state index in [9.17, 15) is 0 Å². The minimum atomic E-state index is 0.556. The number of piperidine rings is 1. The molecule has 3 heterocycles. The van der Waals surface area contributed by atoms with Crippen LogP contribution in [0, 0.1) is 19.8 Å². The zero-order valence-corrected chi connectivity index (χ0v) is 13.1. The number of aryl methyl sites for hydroxylation is 2. The molecule has 2 aromatic rings. The van der Waals surface area contributed by atoms with Crippen LogP contribution in [-0.2, 0) is 0 Å². The van der Waals surface area contributed by atoms with Gasteiger partial charge in [0.2, 0.25) is 5.88 Å². The van der Waals surface area contributed by atoms with Crippen LogP contribution in [-0.4, -0.2) is 39.6 Å². The van der Waals surface area contributed by atoms with Gasteiger partial charge < -0.3 is 9.64 Å². The van der Waals surface area contributed by atoms with Crippen molar-refractivity contribution in [3.8, 4) is 5.88 Å². The monoisotopic (exact) mass is 299 g/mol. The van der Waals surface area contributed by atoms with Crippen molar-refractivity contribution >= 4 is 5.82 Å². The topological polar surface area (TPSA) is 64.0 Å². The predicted molar refractivity (Wildman–Crippen MR) is 84.0 cm³/mol. The molecule has 0 aliphatic carbocycles. The van der Waals surface area contributed by atoms with Gasteiger partial charge in [0.25, 0.3) is 0 Å². The molecule has 1 saturated heterocycles. The van der Waals surface area contributed by atoms with Crippen LogP contribution in [0.1, 0.15) is 24.2 Å². The summed E-state index contributed by atoms with van der Waals surface area (Å²) in [6.45, 7) is 6.63. The molecule has 0 amide bonds. The first kappa shape index (κ1) is 14.7. The predicted octanol–water partition coefficient (Wildman–Crippen LogP) is 2.18. The smallest absolute Gasteiger partial charge is 0.235 e. The van der Waals surface area contributed by atoms with Crippen LogP contribution < -0.4 is 9.64 Å². The highest BCUT2D eigenvalue weighted by Crippen LogP contribution is 2.23. The first-order valence-electron chi connectivity index (χ1n) is 7.66. The van der Waals surface area contributed by atoms with Crippen LogP contribution in [0.15, 0.2) is 24.8 Å². The fourth-order valence-corrected chi connectivity index (χ4v) is 2.68. The normalized spacial score (nSPS) is 15.8. The molecule has 0 atom stereocenters. The molecule has 116 valence electrons. The summed E-state index contributed by atoms with van der Waals surface area (Å²) in [7, 11) is 0. The lowest BCUT2D eigenvalue weighted by atomic mass is 9.98. The van der Waals surface area contributed by atoms with Gasteiger partial charge in [-0.3, -0.25) is 4.98 Å². The molecule has 22 heavy (non-hydrogen) atoms. The molecule has 1 fully saturated rings. The van der Waals surface area contributed by atoms with Crippen LogP contribution in [0.4, 0.5) is 5.82 Å². The molecule has 0 N–H and O–H groups in total. The van der Waals surface area contributed by atoms with Crippen molar-refractivity contribution in [1.29, 1.82) is 0 Å². The van der Waals surface area contributed by atoms with Crippen molar-refractivity contribution in [3.63, 3.8) is 0 Å². The molecule has 6 heteroatoms. The van der Waals surface area contributed by atoms with Crippen molar-refractivity contribution in [2.75, 3.05) is 24.6 Å². The van der Waals surface area contributed by atoms with Gasteiger partial charge >= 0.3 is 0 Å². The summed E-state index contributed by atoms with van der Waals surface area (Å²) < 4.78 is 5.82. The molecule has 0 radical (unpaired) electrons. The summed E-state index contributed by atoms with van der Waals surface area (Å²) >= 11 is 0. The van der Waals surface area contributed by atoms with Gasteiger partial charge in [0, 0.05) is 37.2 Å². The number of hydrogen-bond donors (Lipinski definition) is 0. The first-order chi connectivity index (χ1) is 10.7. The van der Waals surface area contributed by atoms with E-state index in [4.69, 9.17) is 4.74 Å². The van der Waals surface area contributed by atoms with Crippen molar-refractivity contribution in [1.82, 2.24) is 19.9 Å². The van der Waals surface area contributed by atoms with Gasteiger partial charge in [-0.1, -0.05) is 0 Å². The van der Waals surface area contributed by atoms with Crippen LogP contribution in [0.3, 0.4) is 0 Å². The van der Waals surface area contributed by atoms with Crippen LogP contribution >= 0.6 is 0 Å². The van der Waals surface area contributed by atoms with Gasteiger partial charge in [-0.25, -0.2) is 15.0 Å². The van der Waals surface area contributed by atoms with E-state index in [1.54, 1.807) is 18.7 Å². The number of rotatable bonds is 4. The van der Waals surface area contributed by atoms with Crippen molar-refractivity contribution < 1.29 is 4.74 Å². The zero-order chi connectivity index (χ0) is 15.4. The van der Waals surface area contributed by atoms with Gasteiger partial charge in [0.15, 0.2) is 0 Å². The van der Waals surface area contributed by atoms with E-state index in [1.165, 1.54) is 0 Å². The van der Waals surface area contributed by atoms with E-state index < -0.39 is 0 Å². The molecule has 3 rings (SSSR count). The summed E-state index contributed by atoms with van der Waals surface area (Å²) in [4.78, 5) is 19.2. The first-order valence-corrected chi connectivity index (χ1v) is 7.66. The molecular weight excluding hydrogens is 278 g/mol. The van der Waals surface area contributed by atoms with Crippen molar-refractivity contribution in [2.24, 2.45) is 5.92 Å². The lowest BCUT2D eigenvalue weighted by Crippen LogP contribution is -2.36. The fraction of sp³-hybridized carbons (Fsp3) is 0.500. The minimum Gasteiger partial charge on any atom is -0.476 e. The molecule has 0 unspecified atom stereocenters. The van der Waals surface area contributed by atoms with Gasteiger partial charge in [0.1, 0.15) is 12.1 Å². The van der Waals surface area contributed by atoms with Crippen LogP contribution in [0.2, 0.25) is 0 Å². The standard InChI is InChI=1S/C16H21N5O/c1-12-9-15(20-11-19-12)21-7-3-14(4-8-21)10-22-16-13(2)17-5-6-18-16/h5-6,9,11,14H,3-4,7-8,10H2,1-2H3. The minimum absolute atomic E-state index is 0.556. The lowest BCUT2D eigenvalue weighted by Gasteiger charge is -2.32. The second-order valence-corrected chi connectivity index (χ2v) is 5.71. The maximum absolute atomic E-state index is 5.82. The maximum Gasteiger partial charge on any atom is 0.235 e. The van der Waals surface area contributed by atoms with Gasteiger partial charge in [0.05, 0.1) is 12.3 Å². The Kier molecular flexibility index (Phi) is 4.46. The Hall–Kier alpha value is -2.24. The Bertz CT molecular complexity index is 625. The molecule has 0 bridgehead atoms. The third-order valence-electron chi connectivity index (χ3n) is 4.02. The Balaban J connectivity index is 1.51. The highest BCUT2D eigenvalue weighted by atomic mass is 16.5. The number of nitrogens with zero attached hydrogens (tertiary/aromatic N) is 5. The van der Waals surface area contributed by atoms with E-state index in [2.05, 4.69) is 24.8 Å². The van der Waals surface area contributed by atoms with Crippen LogP contribution in [0.5, 0.6) is 5.88 Å². The number of aromatic nitrogens is 4.